The summed E-state index contributed by atoms with van der Waals surface area (Å²) in [6.07, 6.45) is 5.80. The van der Waals surface area contributed by atoms with Crippen LogP contribution < -0.4 is 27.1 Å². The van der Waals surface area contributed by atoms with Crippen molar-refractivity contribution in [1.82, 2.24) is 20.0 Å². The second-order valence-electron chi connectivity index (χ2n) is 8.26. The molecule has 0 fully saturated rings. The summed E-state index contributed by atoms with van der Waals surface area (Å²) >= 11 is 0. The summed E-state index contributed by atoms with van der Waals surface area (Å²) in [5.41, 5.74) is 10.9. The number of benzene rings is 3. The maximum absolute atomic E-state index is 7.90. The van der Waals surface area contributed by atoms with E-state index >= 15 is 0 Å². The molecule has 37 heavy (non-hydrogen) atoms. The fraction of sp³-hybridized carbons (Fsp3) is 0.111. The zero-order valence-electron chi connectivity index (χ0n) is 20.5. The van der Waals surface area contributed by atoms with Gasteiger partial charge in [-0.1, -0.05) is 42.5 Å². The van der Waals surface area contributed by atoms with E-state index in [9.17, 15) is 0 Å². The number of hydrogen-bond donors (Lipinski definition) is 5. The molecular weight excluding hydrogens is 464 g/mol. The smallest absolute Gasteiger partial charge is 0.234 e. The van der Waals surface area contributed by atoms with E-state index in [1.54, 1.807) is 6.20 Å². The van der Waals surface area contributed by atoms with Gasteiger partial charge >= 0.3 is 0 Å². The lowest BCUT2D eigenvalue weighted by Gasteiger charge is -2.19. The lowest BCUT2D eigenvalue weighted by atomic mass is 10.1. The number of nitrogens with zero attached hydrogens (tertiary/aromatic N) is 5. The Hall–Kier alpha value is -4.96. The number of nitrogens with two attached hydrogens (primary N) is 2. The van der Waals surface area contributed by atoms with Crippen molar-refractivity contribution in [2.75, 3.05) is 22.6 Å². The third-order valence-corrected chi connectivity index (χ3v) is 5.59. The minimum absolute atomic E-state index is 0.411. The van der Waals surface area contributed by atoms with Gasteiger partial charge in [0.2, 0.25) is 11.9 Å². The molecule has 0 saturated heterocycles. The second kappa shape index (κ2) is 12.1. The third kappa shape index (κ3) is 6.80. The van der Waals surface area contributed by atoms with Gasteiger partial charge in [0.25, 0.3) is 0 Å². The van der Waals surface area contributed by atoms with E-state index in [1.165, 1.54) is 29.3 Å². The molecule has 0 bridgehead atoms. The molecule has 0 spiro atoms. The maximum Gasteiger partial charge on any atom is 0.234 e. The molecule has 10 nitrogen and oxygen atoms in total. The predicted molar refractivity (Wildman–Crippen MR) is 149 cm³/mol. The average Bonchev–Trinajstić information content (AvgIpc) is 2.92. The first kappa shape index (κ1) is 25.1. The number of rotatable bonds is 11. The molecule has 0 aliphatic heterocycles. The highest BCUT2D eigenvalue weighted by Crippen LogP contribution is 2.26. The number of anilines is 5. The zero-order chi connectivity index (χ0) is 26.0. The van der Waals surface area contributed by atoms with Crippen LogP contribution in [0.5, 0.6) is 0 Å². The van der Waals surface area contributed by atoms with Crippen molar-refractivity contribution in [2.45, 2.75) is 13.1 Å². The van der Waals surface area contributed by atoms with Crippen LogP contribution in [0.3, 0.4) is 0 Å². The summed E-state index contributed by atoms with van der Waals surface area (Å²) in [5.74, 6) is 6.77. The van der Waals surface area contributed by atoms with Gasteiger partial charge in [-0.25, -0.2) is 15.8 Å². The first-order valence-corrected chi connectivity index (χ1v) is 11.7. The van der Waals surface area contributed by atoms with Crippen molar-refractivity contribution in [3.05, 3.63) is 108 Å². The molecule has 0 amide bonds. The predicted octanol–water partition coefficient (Wildman–Crippen LogP) is 4.10. The Bertz CT molecular complexity index is 1360. The quantitative estimate of drug-likeness (QED) is 0.118. The number of hydrazine groups is 1. The van der Waals surface area contributed by atoms with Crippen molar-refractivity contribution < 1.29 is 0 Å². The van der Waals surface area contributed by atoms with E-state index in [0.29, 0.717) is 25.0 Å². The van der Waals surface area contributed by atoms with Crippen LogP contribution in [-0.4, -0.2) is 33.2 Å². The largest absolute Gasteiger partial charge is 0.403 e. The van der Waals surface area contributed by atoms with Gasteiger partial charge in [0.05, 0.1) is 6.54 Å². The summed E-state index contributed by atoms with van der Waals surface area (Å²) in [5, 5.41) is 16.0. The molecule has 4 rings (SSSR count). The van der Waals surface area contributed by atoms with Crippen LogP contribution in [-0.2, 0) is 13.1 Å². The lowest BCUT2D eigenvalue weighted by molar-refractivity contribution is 0.386. The van der Waals surface area contributed by atoms with Crippen molar-refractivity contribution in [3.63, 3.8) is 0 Å². The van der Waals surface area contributed by atoms with Gasteiger partial charge in [-0.3, -0.25) is 0 Å². The Morgan fingerprint density at radius 2 is 1.78 bits per heavy atom. The van der Waals surface area contributed by atoms with Gasteiger partial charge in [-0.05, 0) is 41.5 Å². The second-order valence-corrected chi connectivity index (χ2v) is 8.26. The van der Waals surface area contributed by atoms with Crippen molar-refractivity contribution in [3.8, 4) is 0 Å². The molecule has 0 aliphatic carbocycles. The van der Waals surface area contributed by atoms with Gasteiger partial charge in [0.1, 0.15) is 6.33 Å². The van der Waals surface area contributed by atoms with Crippen molar-refractivity contribution >= 4 is 35.2 Å². The summed E-state index contributed by atoms with van der Waals surface area (Å²) in [4.78, 5) is 15.0. The van der Waals surface area contributed by atoms with Gasteiger partial charge in [-0.15, -0.1) is 0 Å². The minimum Gasteiger partial charge on any atom is -0.403 e. The van der Waals surface area contributed by atoms with Crippen LogP contribution in [0.1, 0.15) is 16.7 Å². The Kier molecular flexibility index (Phi) is 8.25. The Morgan fingerprint density at radius 3 is 2.57 bits per heavy atom. The Morgan fingerprint density at radius 1 is 0.973 bits per heavy atom. The van der Waals surface area contributed by atoms with Crippen molar-refractivity contribution in [2.24, 2.45) is 11.6 Å². The summed E-state index contributed by atoms with van der Waals surface area (Å²) in [7, 11) is 1.88. The van der Waals surface area contributed by atoms with Crippen molar-refractivity contribution in [1.29, 1.82) is 5.41 Å². The van der Waals surface area contributed by atoms with Crippen LogP contribution in [0.15, 0.2) is 91.5 Å². The highest BCUT2D eigenvalue weighted by molar-refractivity contribution is 5.88. The zero-order valence-corrected chi connectivity index (χ0v) is 20.5. The van der Waals surface area contributed by atoms with Crippen LogP contribution in [0.2, 0.25) is 0 Å². The summed E-state index contributed by atoms with van der Waals surface area (Å²) < 4.78 is 0. The molecule has 0 aliphatic rings. The topological polar surface area (TPSA) is 145 Å². The summed E-state index contributed by atoms with van der Waals surface area (Å²) in [6.45, 7) is 1.17. The van der Waals surface area contributed by atoms with Gasteiger partial charge in [-0.2, -0.15) is 4.98 Å². The molecule has 1 heterocycles. The van der Waals surface area contributed by atoms with Crippen LogP contribution in [0.25, 0.3) is 0 Å². The highest BCUT2D eigenvalue weighted by atomic mass is 15.4. The highest BCUT2D eigenvalue weighted by Gasteiger charge is 2.12. The number of hydrogen-bond acceptors (Lipinski definition) is 10. The van der Waals surface area contributed by atoms with E-state index < -0.39 is 0 Å². The molecule has 1 aromatic heterocycles. The normalized spacial score (nSPS) is 10.8. The average molecular weight is 495 g/mol. The molecule has 188 valence electrons. The first-order chi connectivity index (χ1) is 18.1. The standard InChI is InChI=1S/C27H30N10/c1-36(24-10-11-25(22(15-24)16-29)31-17-20-6-3-2-4-7-20)27-33-19-32-26(35-27)34-23-9-5-8-21(14-23)18-37(30)13-12-28/h2-16,19,29,31H,17-18,28,30H2,1H3,(H,32,33,34,35)/b13-12-,29-16?. The SMILES string of the molecule is CN(c1ccc(NCc2ccccc2)c(C=N)c1)c1ncnc(Nc2cccc(CN(N)/C=C\N)c2)n1. The van der Waals surface area contributed by atoms with Gasteiger partial charge in [0, 0.05) is 54.8 Å². The monoisotopic (exact) mass is 494 g/mol. The molecule has 0 unspecified atom stereocenters. The molecule has 4 aromatic rings. The molecule has 3 aromatic carbocycles. The maximum atomic E-state index is 7.90. The molecular formula is C27H30N10. The van der Waals surface area contributed by atoms with Gasteiger partial charge < -0.3 is 31.7 Å². The van der Waals surface area contributed by atoms with Gasteiger partial charge in [0.15, 0.2) is 0 Å². The van der Waals surface area contributed by atoms with Crippen LogP contribution >= 0.6 is 0 Å². The van der Waals surface area contributed by atoms with E-state index in [-0.39, 0.29) is 0 Å². The molecule has 10 heteroatoms. The first-order valence-electron chi connectivity index (χ1n) is 11.7. The number of nitrogens with one attached hydrogen (secondary N) is 3. The number of aromatic nitrogens is 3. The van der Waals surface area contributed by atoms with Crippen LogP contribution in [0, 0.1) is 5.41 Å². The Labute approximate surface area is 216 Å². The summed E-state index contributed by atoms with van der Waals surface area (Å²) in [6, 6.07) is 23.8. The minimum atomic E-state index is 0.411. The molecule has 0 saturated carbocycles. The van der Waals surface area contributed by atoms with Crippen LogP contribution in [0.4, 0.5) is 29.0 Å². The van der Waals surface area contributed by atoms with E-state index in [1.807, 2.05) is 72.6 Å². The fourth-order valence-electron chi connectivity index (χ4n) is 3.71. The van der Waals surface area contributed by atoms with E-state index in [4.69, 9.17) is 17.0 Å². The third-order valence-electron chi connectivity index (χ3n) is 5.59. The van der Waals surface area contributed by atoms with E-state index in [2.05, 4.69) is 37.7 Å². The molecule has 0 radical (unpaired) electrons. The van der Waals surface area contributed by atoms with E-state index in [0.717, 1.165) is 28.2 Å². The lowest BCUT2D eigenvalue weighted by Crippen LogP contribution is -2.24. The molecule has 7 N–H and O–H groups in total. The molecule has 0 atom stereocenters. The fourth-order valence-corrected chi connectivity index (χ4v) is 3.71. The Balaban J connectivity index is 1.47.